The minimum Gasteiger partial charge on any atom is -0.361 e. The molecule has 1 atom stereocenters. The average Bonchev–Trinajstić information content (AvgIpc) is 3.42. The topological polar surface area (TPSA) is 51.5 Å². The maximum atomic E-state index is 13.5. The first-order chi connectivity index (χ1) is 17.5. The number of para-hydroxylation sites is 1. The molecule has 5 aromatic rings. The largest absolute Gasteiger partial charge is 0.361 e. The molecule has 5 nitrogen and oxygen atoms in total. The molecule has 0 radical (unpaired) electrons. The molecule has 0 amide bonds. The number of aryl methyl sites for hydroxylation is 1. The second-order valence-electron chi connectivity index (χ2n) is 9.64. The summed E-state index contributed by atoms with van der Waals surface area (Å²) in [5, 5.41) is 1.15. The van der Waals surface area contributed by atoms with Gasteiger partial charge in [-0.3, -0.25) is 0 Å². The molecule has 3 aromatic heterocycles. The summed E-state index contributed by atoms with van der Waals surface area (Å²) < 4.78 is 17.9. The van der Waals surface area contributed by atoms with E-state index in [9.17, 15) is 4.39 Å². The van der Waals surface area contributed by atoms with E-state index in [1.165, 1.54) is 12.1 Å². The van der Waals surface area contributed by atoms with Crippen LogP contribution >= 0.6 is 12.2 Å². The highest BCUT2D eigenvalue weighted by Gasteiger charge is 2.22. The molecule has 6 rings (SSSR count). The molecule has 182 valence electrons. The predicted octanol–water partition coefficient (Wildman–Crippen LogP) is 5.55. The Morgan fingerprint density at radius 1 is 1.11 bits per heavy atom. The maximum absolute atomic E-state index is 13.5. The van der Waals surface area contributed by atoms with E-state index in [1.807, 2.05) is 24.3 Å². The summed E-state index contributed by atoms with van der Waals surface area (Å²) in [6.07, 6.45) is 4.17. The van der Waals surface area contributed by atoms with Gasteiger partial charge in [0.05, 0.1) is 5.69 Å². The van der Waals surface area contributed by atoms with E-state index in [-0.39, 0.29) is 11.9 Å². The standard InChI is InChI=1S/C29H28FN5S/c1-19-28(32-27-16-22(12-14-34(19)27)29(36)33-13-4-6-24(31)18-33)26-15-21-5-2-3-7-25(21)35(26)17-20-8-10-23(30)11-9-20/h2-3,5,7-12,14-16,24H,4,6,13,17-18,31H2,1H3/t24-/m1/s1. The number of halogens is 1. The molecule has 1 fully saturated rings. The van der Waals surface area contributed by atoms with Crippen LogP contribution in [0.15, 0.2) is 72.9 Å². The van der Waals surface area contributed by atoms with Gasteiger partial charge in [0.1, 0.15) is 22.1 Å². The second-order valence-corrected chi connectivity index (χ2v) is 10.0. The first kappa shape index (κ1) is 22.9. The number of pyridine rings is 1. The van der Waals surface area contributed by atoms with Crippen molar-refractivity contribution < 1.29 is 4.39 Å². The van der Waals surface area contributed by atoms with Gasteiger partial charge in [-0.2, -0.15) is 0 Å². The Bertz CT molecular complexity index is 1580. The monoisotopic (exact) mass is 497 g/mol. The van der Waals surface area contributed by atoms with Crippen molar-refractivity contribution in [3.63, 3.8) is 0 Å². The van der Waals surface area contributed by atoms with Crippen molar-refractivity contribution in [2.75, 3.05) is 13.1 Å². The van der Waals surface area contributed by atoms with E-state index in [2.05, 4.69) is 57.3 Å². The number of likely N-dealkylation sites (tertiary alicyclic amines) is 1. The number of fused-ring (bicyclic) bond motifs is 2. The van der Waals surface area contributed by atoms with Crippen molar-refractivity contribution in [1.82, 2.24) is 18.9 Å². The SMILES string of the molecule is Cc1c(-c2cc3ccccc3n2Cc2ccc(F)cc2)nc2cc(C(=S)N3CCC[C@@H](N)C3)ccn12. The fourth-order valence-corrected chi connectivity index (χ4v) is 5.56. The molecule has 7 heteroatoms. The molecule has 4 heterocycles. The Hall–Kier alpha value is -3.55. The van der Waals surface area contributed by atoms with Crippen LogP contribution in [0.5, 0.6) is 0 Å². The molecule has 0 spiro atoms. The minimum absolute atomic E-state index is 0.170. The summed E-state index contributed by atoms with van der Waals surface area (Å²) >= 11 is 5.84. The third-order valence-corrected chi connectivity index (χ3v) is 7.66. The fourth-order valence-electron chi connectivity index (χ4n) is 5.27. The van der Waals surface area contributed by atoms with Gasteiger partial charge in [-0.05, 0) is 61.7 Å². The lowest BCUT2D eigenvalue weighted by atomic mass is 10.1. The number of hydrogen-bond acceptors (Lipinski definition) is 3. The van der Waals surface area contributed by atoms with Crippen LogP contribution in [0.1, 0.15) is 29.7 Å². The van der Waals surface area contributed by atoms with Crippen molar-refractivity contribution >= 4 is 33.8 Å². The van der Waals surface area contributed by atoms with Crippen molar-refractivity contribution in [2.24, 2.45) is 5.73 Å². The zero-order chi connectivity index (χ0) is 24.8. The fraction of sp³-hybridized carbons (Fsp3) is 0.241. The lowest BCUT2D eigenvalue weighted by Crippen LogP contribution is -2.45. The third-order valence-electron chi connectivity index (χ3n) is 7.16. The molecular formula is C29H28FN5S. The Kier molecular flexibility index (Phi) is 5.82. The molecular weight excluding hydrogens is 469 g/mol. The molecule has 0 unspecified atom stereocenters. The highest BCUT2D eigenvalue weighted by Crippen LogP contribution is 2.31. The van der Waals surface area contributed by atoms with Crippen LogP contribution in [0.2, 0.25) is 0 Å². The lowest BCUT2D eigenvalue weighted by Gasteiger charge is -2.32. The van der Waals surface area contributed by atoms with Crippen LogP contribution in [0.4, 0.5) is 4.39 Å². The highest BCUT2D eigenvalue weighted by molar-refractivity contribution is 7.80. The number of piperidine rings is 1. The highest BCUT2D eigenvalue weighted by atomic mass is 32.1. The van der Waals surface area contributed by atoms with E-state index >= 15 is 0 Å². The average molecular weight is 498 g/mol. The van der Waals surface area contributed by atoms with Crippen LogP contribution in [-0.4, -0.2) is 43.0 Å². The molecule has 0 saturated carbocycles. The smallest absolute Gasteiger partial charge is 0.138 e. The summed E-state index contributed by atoms with van der Waals surface area (Å²) in [6, 6.07) is 21.5. The van der Waals surface area contributed by atoms with E-state index in [0.717, 1.165) is 75.7 Å². The number of aromatic nitrogens is 3. The van der Waals surface area contributed by atoms with Gasteiger partial charge in [-0.25, -0.2) is 9.37 Å². The molecule has 1 aliphatic heterocycles. The zero-order valence-corrected chi connectivity index (χ0v) is 21.0. The lowest BCUT2D eigenvalue weighted by molar-refractivity contribution is 0.314. The molecule has 2 aromatic carbocycles. The van der Waals surface area contributed by atoms with Gasteiger partial charge in [0.25, 0.3) is 0 Å². The number of nitrogens with zero attached hydrogens (tertiary/aromatic N) is 4. The molecule has 1 saturated heterocycles. The van der Waals surface area contributed by atoms with Crippen LogP contribution in [0, 0.1) is 12.7 Å². The molecule has 0 bridgehead atoms. The van der Waals surface area contributed by atoms with Gasteiger partial charge < -0.3 is 19.6 Å². The first-order valence-corrected chi connectivity index (χ1v) is 12.8. The Morgan fingerprint density at radius 3 is 2.72 bits per heavy atom. The Labute approximate surface area is 215 Å². The number of imidazole rings is 1. The number of hydrogen-bond donors (Lipinski definition) is 1. The van der Waals surface area contributed by atoms with Crippen LogP contribution < -0.4 is 5.73 Å². The van der Waals surface area contributed by atoms with Crippen LogP contribution in [0.3, 0.4) is 0 Å². The van der Waals surface area contributed by atoms with Gasteiger partial charge >= 0.3 is 0 Å². The summed E-state index contributed by atoms with van der Waals surface area (Å²) in [7, 11) is 0. The van der Waals surface area contributed by atoms with Crippen molar-refractivity contribution in [3.8, 4) is 11.4 Å². The summed E-state index contributed by atoms with van der Waals surface area (Å²) in [4.78, 5) is 8.13. The molecule has 0 aliphatic carbocycles. The van der Waals surface area contributed by atoms with Crippen LogP contribution in [0.25, 0.3) is 27.9 Å². The van der Waals surface area contributed by atoms with Gasteiger partial charge in [0.15, 0.2) is 0 Å². The summed E-state index contributed by atoms with van der Waals surface area (Å²) in [5.74, 6) is -0.229. The minimum atomic E-state index is -0.229. The quantitative estimate of drug-likeness (QED) is 0.331. The first-order valence-electron chi connectivity index (χ1n) is 12.3. The van der Waals surface area contributed by atoms with Gasteiger partial charge in [-0.15, -0.1) is 0 Å². The molecule has 2 N–H and O–H groups in total. The van der Waals surface area contributed by atoms with E-state index in [1.54, 1.807) is 0 Å². The van der Waals surface area contributed by atoms with Crippen LogP contribution in [-0.2, 0) is 6.54 Å². The van der Waals surface area contributed by atoms with E-state index in [0.29, 0.717) is 6.54 Å². The number of thiocarbonyl (C=S) groups is 1. The molecule has 36 heavy (non-hydrogen) atoms. The second kappa shape index (κ2) is 9.15. The predicted molar refractivity (Wildman–Crippen MR) is 147 cm³/mol. The van der Waals surface area contributed by atoms with Gasteiger partial charge in [0.2, 0.25) is 0 Å². The molecule has 1 aliphatic rings. The number of benzene rings is 2. The van der Waals surface area contributed by atoms with E-state index < -0.39 is 0 Å². The Morgan fingerprint density at radius 2 is 1.92 bits per heavy atom. The van der Waals surface area contributed by atoms with Gasteiger partial charge in [0, 0.05) is 54.0 Å². The zero-order valence-electron chi connectivity index (χ0n) is 20.2. The van der Waals surface area contributed by atoms with Crippen molar-refractivity contribution in [1.29, 1.82) is 0 Å². The summed E-state index contributed by atoms with van der Waals surface area (Å²) in [6.45, 7) is 4.46. The summed E-state index contributed by atoms with van der Waals surface area (Å²) in [5.41, 5.74) is 13.2. The number of rotatable bonds is 4. The van der Waals surface area contributed by atoms with Gasteiger partial charge in [-0.1, -0.05) is 42.5 Å². The Balaban J connectivity index is 1.42. The number of nitrogens with two attached hydrogens (primary N) is 1. The maximum Gasteiger partial charge on any atom is 0.138 e. The normalized spacial score (nSPS) is 16.2. The third kappa shape index (κ3) is 4.08. The van der Waals surface area contributed by atoms with Crippen molar-refractivity contribution in [2.45, 2.75) is 32.4 Å². The van der Waals surface area contributed by atoms with Crippen molar-refractivity contribution in [3.05, 3.63) is 95.6 Å². The van der Waals surface area contributed by atoms with E-state index in [4.69, 9.17) is 22.9 Å².